The highest BCUT2D eigenvalue weighted by molar-refractivity contribution is 5.63. The van der Waals surface area contributed by atoms with Crippen molar-refractivity contribution < 1.29 is 14.0 Å². The Hall–Kier alpha value is -1.65. The first-order valence-corrected chi connectivity index (χ1v) is 8.05. The highest BCUT2D eigenvalue weighted by Gasteiger charge is 2.16. The molecule has 22 heavy (non-hydrogen) atoms. The van der Waals surface area contributed by atoms with Crippen molar-refractivity contribution in [1.29, 1.82) is 0 Å². The molecule has 0 bridgehead atoms. The first-order chi connectivity index (χ1) is 10.8. The average molecular weight is 301 g/mol. The fourth-order valence-electron chi connectivity index (χ4n) is 2.74. The Bertz CT molecular complexity index is 615. The number of aryl methyl sites for hydroxylation is 1. The molecule has 0 saturated carbocycles. The van der Waals surface area contributed by atoms with Crippen LogP contribution in [0.5, 0.6) is 0 Å². The van der Waals surface area contributed by atoms with E-state index in [0.29, 0.717) is 6.61 Å². The van der Waals surface area contributed by atoms with Crippen LogP contribution in [0.25, 0.3) is 11.3 Å². The molecule has 0 spiro atoms. The van der Waals surface area contributed by atoms with E-state index in [2.05, 4.69) is 31.1 Å². The van der Waals surface area contributed by atoms with Gasteiger partial charge in [0.1, 0.15) is 0 Å². The van der Waals surface area contributed by atoms with Crippen LogP contribution >= 0.6 is 0 Å². The lowest BCUT2D eigenvalue weighted by Gasteiger charge is -2.23. The van der Waals surface area contributed by atoms with Gasteiger partial charge in [0.15, 0.2) is 12.1 Å². The molecule has 1 atom stereocenters. The van der Waals surface area contributed by atoms with Crippen molar-refractivity contribution in [3.05, 3.63) is 41.1 Å². The van der Waals surface area contributed by atoms with Crippen LogP contribution in [0, 0.1) is 6.92 Å². The molecule has 4 heteroatoms. The Morgan fingerprint density at radius 1 is 1.32 bits per heavy atom. The fraction of sp³-hybridized carbons (Fsp3) is 0.500. The molecule has 4 nitrogen and oxygen atoms in total. The highest BCUT2D eigenvalue weighted by atomic mass is 16.7. The van der Waals surface area contributed by atoms with E-state index in [1.165, 1.54) is 17.5 Å². The molecule has 3 rings (SSSR count). The summed E-state index contributed by atoms with van der Waals surface area (Å²) in [5.41, 5.74) is 4.41. The molecule has 1 unspecified atom stereocenters. The number of hydrogen-bond acceptors (Lipinski definition) is 4. The van der Waals surface area contributed by atoms with Gasteiger partial charge in [0.05, 0.1) is 12.3 Å². The summed E-state index contributed by atoms with van der Waals surface area (Å²) in [5, 5.41) is 4.08. The van der Waals surface area contributed by atoms with Crippen molar-refractivity contribution in [2.24, 2.45) is 0 Å². The normalized spacial score (nSPS) is 18.5. The molecule has 1 aromatic heterocycles. The van der Waals surface area contributed by atoms with Crippen LogP contribution in [0.4, 0.5) is 0 Å². The molecule has 2 aromatic rings. The maximum atomic E-state index is 5.90. The maximum Gasteiger partial charge on any atom is 0.167 e. The topological polar surface area (TPSA) is 44.5 Å². The second-order valence-electron chi connectivity index (χ2n) is 5.73. The van der Waals surface area contributed by atoms with Crippen molar-refractivity contribution in [2.75, 3.05) is 6.61 Å². The largest absolute Gasteiger partial charge is 0.356 e. The van der Waals surface area contributed by atoms with Gasteiger partial charge < -0.3 is 14.0 Å². The SMILES string of the molecule is CCc1cc(-c2cccc(COC3CCCCO3)c2C)on1. The van der Waals surface area contributed by atoms with Crippen LogP contribution in [0.1, 0.15) is 43.0 Å². The van der Waals surface area contributed by atoms with Crippen molar-refractivity contribution in [2.45, 2.75) is 52.4 Å². The summed E-state index contributed by atoms with van der Waals surface area (Å²) in [5.74, 6) is 0.824. The van der Waals surface area contributed by atoms with Crippen molar-refractivity contribution in [3.63, 3.8) is 0 Å². The quantitative estimate of drug-likeness (QED) is 0.828. The minimum Gasteiger partial charge on any atom is -0.356 e. The smallest absolute Gasteiger partial charge is 0.167 e. The second kappa shape index (κ2) is 7.07. The maximum absolute atomic E-state index is 5.90. The van der Waals surface area contributed by atoms with Gasteiger partial charge in [0.2, 0.25) is 0 Å². The van der Waals surface area contributed by atoms with E-state index in [1.54, 1.807) is 0 Å². The minimum atomic E-state index is -0.0613. The van der Waals surface area contributed by atoms with Gasteiger partial charge in [0.25, 0.3) is 0 Å². The number of benzene rings is 1. The summed E-state index contributed by atoms with van der Waals surface area (Å²) in [6.07, 6.45) is 4.13. The molecule has 0 N–H and O–H groups in total. The predicted octanol–water partition coefficient (Wildman–Crippen LogP) is 4.26. The summed E-state index contributed by atoms with van der Waals surface area (Å²) < 4.78 is 17.0. The summed E-state index contributed by atoms with van der Waals surface area (Å²) in [7, 11) is 0. The molecule has 1 aliphatic rings. The Balaban J connectivity index is 1.73. The van der Waals surface area contributed by atoms with Gasteiger partial charge in [-0.25, -0.2) is 0 Å². The van der Waals surface area contributed by atoms with Crippen molar-refractivity contribution in [1.82, 2.24) is 5.16 Å². The van der Waals surface area contributed by atoms with Gasteiger partial charge in [-0.2, -0.15) is 0 Å². The van der Waals surface area contributed by atoms with Crippen molar-refractivity contribution in [3.8, 4) is 11.3 Å². The molecule has 118 valence electrons. The molecule has 0 amide bonds. The number of hydrogen-bond donors (Lipinski definition) is 0. The van der Waals surface area contributed by atoms with Crippen LogP contribution in [0.15, 0.2) is 28.8 Å². The van der Waals surface area contributed by atoms with E-state index in [9.17, 15) is 0 Å². The molecular weight excluding hydrogens is 278 g/mol. The molecule has 1 aliphatic heterocycles. The summed E-state index contributed by atoms with van der Waals surface area (Å²) in [6, 6.07) is 8.21. The average Bonchev–Trinajstić information content (AvgIpc) is 3.04. The Labute approximate surface area is 131 Å². The van der Waals surface area contributed by atoms with Crippen molar-refractivity contribution >= 4 is 0 Å². The van der Waals surface area contributed by atoms with Gasteiger partial charge >= 0.3 is 0 Å². The summed E-state index contributed by atoms with van der Waals surface area (Å²) >= 11 is 0. The first kappa shape index (κ1) is 15.3. The number of ether oxygens (including phenoxy) is 2. The van der Waals surface area contributed by atoms with Gasteiger partial charge in [-0.3, -0.25) is 0 Å². The minimum absolute atomic E-state index is 0.0613. The highest BCUT2D eigenvalue weighted by Crippen LogP contribution is 2.27. The Kier molecular flexibility index (Phi) is 4.90. The van der Waals surface area contributed by atoms with E-state index in [1.807, 2.05) is 12.1 Å². The van der Waals surface area contributed by atoms with Gasteiger partial charge in [-0.1, -0.05) is 30.3 Å². The molecular formula is C18H23NO3. The van der Waals surface area contributed by atoms with Crippen LogP contribution in [0.3, 0.4) is 0 Å². The van der Waals surface area contributed by atoms with Crippen LogP contribution < -0.4 is 0 Å². The summed E-state index contributed by atoms with van der Waals surface area (Å²) in [6.45, 7) is 5.55. The lowest BCUT2D eigenvalue weighted by atomic mass is 10.0. The van der Waals surface area contributed by atoms with E-state index in [0.717, 1.165) is 42.9 Å². The molecule has 0 radical (unpaired) electrons. The van der Waals surface area contributed by atoms with Gasteiger partial charge in [0, 0.05) is 18.2 Å². The van der Waals surface area contributed by atoms with Gasteiger partial charge in [-0.15, -0.1) is 0 Å². The Morgan fingerprint density at radius 3 is 2.95 bits per heavy atom. The number of aromatic nitrogens is 1. The van der Waals surface area contributed by atoms with E-state index in [4.69, 9.17) is 14.0 Å². The monoisotopic (exact) mass is 301 g/mol. The van der Waals surface area contributed by atoms with Crippen LogP contribution in [0.2, 0.25) is 0 Å². The molecule has 1 fully saturated rings. The third-order valence-electron chi connectivity index (χ3n) is 4.20. The molecule has 1 saturated heterocycles. The second-order valence-corrected chi connectivity index (χ2v) is 5.73. The number of rotatable bonds is 5. The zero-order valence-electron chi connectivity index (χ0n) is 13.3. The lowest BCUT2D eigenvalue weighted by Crippen LogP contribution is -2.22. The molecule has 1 aromatic carbocycles. The third kappa shape index (κ3) is 3.39. The van der Waals surface area contributed by atoms with E-state index >= 15 is 0 Å². The van der Waals surface area contributed by atoms with E-state index in [-0.39, 0.29) is 6.29 Å². The first-order valence-electron chi connectivity index (χ1n) is 8.05. The Morgan fingerprint density at radius 2 is 2.23 bits per heavy atom. The van der Waals surface area contributed by atoms with Crippen LogP contribution in [-0.4, -0.2) is 18.1 Å². The fourth-order valence-corrected chi connectivity index (χ4v) is 2.74. The number of nitrogens with zero attached hydrogens (tertiary/aromatic N) is 1. The van der Waals surface area contributed by atoms with E-state index < -0.39 is 0 Å². The molecule has 2 heterocycles. The standard InChI is InChI=1S/C18H23NO3/c1-3-15-11-17(22-19-15)16-8-6-7-14(13(16)2)12-21-18-9-4-5-10-20-18/h6-8,11,18H,3-5,9-10,12H2,1-2H3. The molecule has 0 aliphatic carbocycles. The zero-order chi connectivity index (χ0) is 15.4. The van der Waals surface area contributed by atoms with Gasteiger partial charge in [-0.05, 0) is 43.7 Å². The summed E-state index contributed by atoms with van der Waals surface area (Å²) in [4.78, 5) is 0. The lowest BCUT2D eigenvalue weighted by molar-refractivity contribution is -0.169. The third-order valence-corrected chi connectivity index (χ3v) is 4.20. The predicted molar refractivity (Wildman–Crippen MR) is 84.4 cm³/mol. The zero-order valence-corrected chi connectivity index (χ0v) is 13.3. The van der Waals surface area contributed by atoms with Crippen LogP contribution in [-0.2, 0) is 22.5 Å².